The van der Waals surface area contributed by atoms with E-state index in [-0.39, 0.29) is 0 Å². The summed E-state index contributed by atoms with van der Waals surface area (Å²) in [5.74, 6) is 2.02. The second-order valence-electron chi connectivity index (χ2n) is 6.59. The molecule has 0 aliphatic carbocycles. The second kappa shape index (κ2) is 8.85. The molecule has 7 nitrogen and oxygen atoms in total. The van der Waals surface area contributed by atoms with Crippen molar-refractivity contribution in [3.63, 3.8) is 0 Å². The molecule has 0 N–H and O–H groups in total. The SMILES string of the molecule is COc1cc(C)c(CN(C)Cn2nc(Cc3csc(C)n3)oc2=S)cc1OC. The van der Waals surface area contributed by atoms with Crippen molar-refractivity contribution in [2.45, 2.75) is 33.5 Å². The van der Waals surface area contributed by atoms with Gasteiger partial charge >= 0.3 is 0 Å². The zero-order valence-electron chi connectivity index (χ0n) is 16.7. The number of thiazole rings is 1. The first-order valence-corrected chi connectivity index (χ1v) is 10.1. The van der Waals surface area contributed by atoms with Gasteiger partial charge in [-0.05, 0) is 56.4 Å². The van der Waals surface area contributed by atoms with Crippen molar-refractivity contribution in [1.29, 1.82) is 0 Å². The minimum Gasteiger partial charge on any atom is -0.493 e. The van der Waals surface area contributed by atoms with E-state index in [9.17, 15) is 0 Å². The van der Waals surface area contributed by atoms with Crippen molar-refractivity contribution in [3.05, 3.63) is 50.1 Å². The average Bonchev–Trinajstić information content (AvgIpc) is 3.21. The van der Waals surface area contributed by atoms with Crippen molar-refractivity contribution in [1.82, 2.24) is 19.7 Å². The second-order valence-corrected chi connectivity index (χ2v) is 8.00. The molecule has 0 atom stereocenters. The Morgan fingerprint density at radius 2 is 1.93 bits per heavy atom. The summed E-state index contributed by atoms with van der Waals surface area (Å²) in [7, 11) is 5.29. The lowest BCUT2D eigenvalue weighted by molar-refractivity contribution is 0.239. The van der Waals surface area contributed by atoms with Gasteiger partial charge in [-0.25, -0.2) is 9.67 Å². The number of aromatic nitrogens is 3. The Hall–Kier alpha value is -2.23. The Labute approximate surface area is 173 Å². The number of benzene rings is 1. The summed E-state index contributed by atoms with van der Waals surface area (Å²) < 4.78 is 18.1. The van der Waals surface area contributed by atoms with Crippen molar-refractivity contribution in [2.75, 3.05) is 21.3 Å². The highest BCUT2D eigenvalue weighted by Crippen LogP contribution is 2.30. The summed E-state index contributed by atoms with van der Waals surface area (Å²) in [4.78, 5) is 6.92. The van der Waals surface area contributed by atoms with Crippen LogP contribution >= 0.6 is 23.6 Å². The van der Waals surface area contributed by atoms with E-state index in [4.69, 9.17) is 26.1 Å². The number of nitrogens with zero attached hydrogens (tertiary/aromatic N) is 4. The topological polar surface area (TPSA) is 65.5 Å². The summed E-state index contributed by atoms with van der Waals surface area (Å²) in [6.07, 6.45) is 0.541. The summed E-state index contributed by atoms with van der Waals surface area (Å²) >= 11 is 6.94. The first-order chi connectivity index (χ1) is 13.4. The van der Waals surface area contributed by atoms with E-state index in [0.29, 0.717) is 30.4 Å². The zero-order chi connectivity index (χ0) is 20.3. The van der Waals surface area contributed by atoms with Crippen LogP contribution in [-0.2, 0) is 19.6 Å². The fourth-order valence-electron chi connectivity index (χ4n) is 2.92. The molecule has 3 aromatic rings. The van der Waals surface area contributed by atoms with Crippen LogP contribution in [0, 0.1) is 18.7 Å². The monoisotopic (exact) mass is 420 g/mol. The Morgan fingerprint density at radius 1 is 1.21 bits per heavy atom. The van der Waals surface area contributed by atoms with Gasteiger partial charge in [-0.15, -0.1) is 16.4 Å². The molecule has 0 aliphatic rings. The molecule has 0 spiro atoms. The Bertz CT molecular complexity index is 1010. The van der Waals surface area contributed by atoms with E-state index < -0.39 is 0 Å². The van der Waals surface area contributed by atoms with Gasteiger partial charge < -0.3 is 13.9 Å². The van der Waals surface area contributed by atoms with Crippen LogP contribution in [-0.4, -0.2) is 40.9 Å². The zero-order valence-corrected chi connectivity index (χ0v) is 18.3. The van der Waals surface area contributed by atoms with Crippen molar-refractivity contribution >= 4 is 23.6 Å². The van der Waals surface area contributed by atoms with Gasteiger partial charge in [0.2, 0.25) is 5.89 Å². The molecule has 0 amide bonds. The molecule has 9 heteroatoms. The lowest BCUT2D eigenvalue weighted by Gasteiger charge is -2.19. The predicted octanol–water partition coefficient (Wildman–Crippen LogP) is 3.98. The molecule has 3 rings (SSSR count). The van der Waals surface area contributed by atoms with Crippen molar-refractivity contribution in [3.8, 4) is 11.5 Å². The number of hydrogen-bond acceptors (Lipinski definition) is 8. The Kier molecular flexibility index (Phi) is 6.48. The number of hydrogen-bond donors (Lipinski definition) is 0. The van der Waals surface area contributed by atoms with Gasteiger partial charge in [0.25, 0.3) is 4.84 Å². The molecule has 28 heavy (non-hydrogen) atoms. The smallest absolute Gasteiger partial charge is 0.288 e. The molecule has 0 fully saturated rings. The van der Waals surface area contributed by atoms with Gasteiger partial charge in [0.05, 0.1) is 38.0 Å². The predicted molar refractivity (Wildman–Crippen MR) is 111 cm³/mol. The highest BCUT2D eigenvalue weighted by molar-refractivity contribution is 7.71. The van der Waals surface area contributed by atoms with Gasteiger partial charge in [0.15, 0.2) is 11.5 Å². The molecule has 0 unspecified atom stereocenters. The molecular formula is C19H24N4O3S2. The summed E-state index contributed by atoms with van der Waals surface area (Å²) in [5.41, 5.74) is 3.22. The molecule has 0 aliphatic heterocycles. The quantitative estimate of drug-likeness (QED) is 0.511. The van der Waals surface area contributed by atoms with E-state index >= 15 is 0 Å². The molecule has 0 saturated heterocycles. The number of ether oxygens (including phenoxy) is 2. The molecule has 0 bridgehead atoms. The van der Waals surface area contributed by atoms with Crippen LogP contribution in [0.5, 0.6) is 11.5 Å². The fourth-order valence-corrected chi connectivity index (χ4v) is 3.72. The highest BCUT2D eigenvalue weighted by atomic mass is 32.1. The maximum Gasteiger partial charge on any atom is 0.288 e. The van der Waals surface area contributed by atoms with Crippen LogP contribution < -0.4 is 9.47 Å². The summed E-state index contributed by atoms with van der Waals surface area (Å²) in [6.45, 7) is 5.27. The van der Waals surface area contributed by atoms with Crippen molar-refractivity contribution < 1.29 is 13.9 Å². The molecule has 0 saturated carbocycles. The molecule has 1 aromatic carbocycles. The normalized spacial score (nSPS) is 11.2. The molecular weight excluding hydrogens is 396 g/mol. The molecule has 0 radical (unpaired) electrons. The molecule has 2 heterocycles. The van der Waals surface area contributed by atoms with E-state index in [2.05, 4.69) is 21.9 Å². The maximum absolute atomic E-state index is 5.64. The Balaban J connectivity index is 1.70. The van der Waals surface area contributed by atoms with Crippen LogP contribution in [0.3, 0.4) is 0 Å². The first kappa shape index (κ1) is 20.5. The van der Waals surface area contributed by atoms with Gasteiger partial charge in [-0.3, -0.25) is 4.90 Å². The number of aryl methyl sites for hydroxylation is 2. The summed E-state index contributed by atoms with van der Waals surface area (Å²) in [6, 6.07) is 3.99. The van der Waals surface area contributed by atoms with E-state index in [1.807, 2.05) is 31.5 Å². The highest BCUT2D eigenvalue weighted by Gasteiger charge is 2.13. The third-order valence-corrected chi connectivity index (χ3v) is 5.42. The van der Waals surface area contributed by atoms with E-state index in [1.165, 1.54) is 0 Å². The van der Waals surface area contributed by atoms with E-state index in [1.54, 1.807) is 30.2 Å². The lowest BCUT2D eigenvalue weighted by atomic mass is 10.1. The van der Waals surface area contributed by atoms with Crippen LogP contribution in [0.25, 0.3) is 0 Å². The van der Waals surface area contributed by atoms with Crippen LogP contribution in [0.2, 0.25) is 0 Å². The Morgan fingerprint density at radius 3 is 2.57 bits per heavy atom. The maximum atomic E-state index is 5.64. The molecule has 2 aromatic heterocycles. The molecule has 150 valence electrons. The number of methoxy groups -OCH3 is 2. The third kappa shape index (κ3) is 4.78. The fraction of sp³-hybridized carbons (Fsp3) is 0.421. The van der Waals surface area contributed by atoms with Crippen LogP contribution in [0.4, 0.5) is 0 Å². The van der Waals surface area contributed by atoms with Gasteiger partial charge in [0.1, 0.15) is 0 Å². The number of rotatable bonds is 8. The largest absolute Gasteiger partial charge is 0.493 e. The van der Waals surface area contributed by atoms with E-state index in [0.717, 1.165) is 33.3 Å². The standard InChI is InChI=1S/C19H24N4O3S2/c1-12-6-16(24-4)17(25-5)7-14(12)9-22(3)11-23-19(27)26-18(21-23)8-15-10-28-13(2)20-15/h6-7,10H,8-9,11H2,1-5H3. The summed E-state index contributed by atoms with van der Waals surface area (Å²) in [5, 5.41) is 7.54. The van der Waals surface area contributed by atoms with Crippen molar-refractivity contribution in [2.24, 2.45) is 0 Å². The van der Waals surface area contributed by atoms with Gasteiger partial charge in [-0.1, -0.05) is 0 Å². The third-order valence-electron chi connectivity index (χ3n) is 4.30. The van der Waals surface area contributed by atoms with Gasteiger partial charge in [0, 0.05) is 11.9 Å². The lowest BCUT2D eigenvalue weighted by Crippen LogP contribution is -2.23. The first-order valence-electron chi connectivity index (χ1n) is 8.77. The van der Waals surface area contributed by atoms with Crippen LogP contribution in [0.15, 0.2) is 21.9 Å². The van der Waals surface area contributed by atoms with Crippen LogP contribution in [0.1, 0.15) is 27.7 Å². The average molecular weight is 421 g/mol. The minimum atomic E-state index is 0.359. The van der Waals surface area contributed by atoms with Gasteiger partial charge in [-0.2, -0.15) is 0 Å². The minimum absolute atomic E-state index is 0.359.